The maximum Gasteiger partial charge on any atom is 0.219 e. The summed E-state index contributed by atoms with van der Waals surface area (Å²) in [5.74, 6) is 0. The van der Waals surface area contributed by atoms with Gasteiger partial charge in [0.1, 0.15) is 0 Å². The quantitative estimate of drug-likeness (QED) is 0.683. The largest absolute Gasteiger partial charge is 0.326 e. The molecular weight excluding hydrogens is 188 g/mol. The molecule has 0 bridgehead atoms. The van der Waals surface area contributed by atoms with Crippen LogP contribution < -0.4 is 5.73 Å². The van der Waals surface area contributed by atoms with Crippen LogP contribution in [-0.2, 0) is 10.0 Å². The first kappa shape index (κ1) is 9.43. The fourth-order valence-corrected chi connectivity index (χ4v) is 3.69. The lowest BCUT2D eigenvalue weighted by molar-refractivity contribution is 0.460. The average Bonchev–Trinajstić information content (AvgIpc) is 2.63. The van der Waals surface area contributed by atoms with Crippen molar-refractivity contribution in [2.45, 2.75) is 37.0 Å². The Labute approximate surface area is 79.1 Å². The Morgan fingerprint density at radius 1 is 1.46 bits per heavy atom. The Kier molecular flexibility index (Phi) is 1.94. The van der Waals surface area contributed by atoms with E-state index in [1.165, 1.54) is 0 Å². The van der Waals surface area contributed by atoms with Crippen LogP contribution in [-0.4, -0.2) is 36.6 Å². The smallest absolute Gasteiger partial charge is 0.219 e. The summed E-state index contributed by atoms with van der Waals surface area (Å²) in [6.45, 7) is 2.95. The van der Waals surface area contributed by atoms with Gasteiger partial charge in [0.05, 0.1) is 4.75 Å². The SMILES string of the molecule is CC1(S(=O)(=O)N2CCC(N)C2)CC1. The van der Waals surface area contributed by atoms with E-state index in [4.69, 9.17) is 5.73 Å². The zero-order valence-electron chi connectivity index (χ0n) is 7.86. The van der Waals surface area contributed by atoms with E-state index in [-0.39, 0.29) is 6.04 Å². The van der Waals surface area contributed by atoms with Gasteiger partial charge in [0, 0.05) is 19.1 Å². The number of hydrogen-bond donors (Lipinski definition) is 1. The van der Waals surface area contributed by atoms with E-state index in [1.807, 2.05) is 6.92 Å². The van der Waals surface area contributed by atoms with Crippen LogP contribution in [0, 0.1) is 0 Å². The number of hydrogen-bond acceptors (Lipinski definition) is 3. The van der Waals surface area contributed by atoms with Crippen molar-refractivity contribution in [3.05, 3.63) is 0 Å². The Bertz CT molecular complexity index is 308. The van der Waals surface area contributed by atoms with Crippen LogP contribution in [0.4, 0.5) is 0 Å². The summed E-state index contributed by atoms with van der Waals surface area (Å²) in [6, 6.07) is 0.0390. The Hall–Kier alpha value is -0.130. The van der Waals surface area contributed by atoms with Crippen molar-refractivity contribution in [3.63, 3.8) is 0 Å². The summed E-state index contributed by atoms with van der Waals surface area (Å²) >= 11 is 0. The van der Waals surface area contributed by atoms with E-state index >= 15 is 0 Å². The molecule has 1 atom stereocenters. The average molecular weight is 204 g/mol. The second-order valence-electron chi connectivity index (χ2n) is 4.36. The van der Waals surface area contributed by atoms with E-state index < -0.39 is 14.8 Å². The number of rotatable bonds is 2. The van der Waals surface area contributed by atoms with Gasteiger partial charge in [0.2, 0.25) is 10.0 Å². The minimum atomic E-state index is -3.04. The second kappa shape index (κ2) is 2.68. The molecule has 2 rings (SSSR count). The third-order valence-corrected chi connectivity index (χ3v) is 5.77. The molecule has 1 heterocycles. The summed E-state index contributed by atoms with van der Waals surface area (Å²) in [7, 11) is -3.04. The fourth-order valence-electron chi connectivity index (χ4n) is 1.72. The Morgan fingerprint density at radius 2 is 2.08 bits per heavy atom. The maximum absolute atomic E-state index is 11.9. The molecule has 13 heavy (non-hydrogen) atoms. The van der Waals surface area contributed by atoms with Gasteiger partial charge < -0.3 is 5.73 Å². The first-order valence-corrected chi connectivity index (χ1v) is 6.15. The Morgan fingerprint density at radius 3 is 2.46 bits per heavy atom. The predicted octanol–water partition coefficient (Wildman–Crippen LogP) is -0.0983. The maximum atomic E-state index is 11.9. The summed E-state index contributed by atoms with van der Waals surface area (Å²) in [5, 5.41) is 0. The van der Waals surface area contributed by atoms with Crippen LogP contribution in [0.15, 0.2) is 0 Å². The molecule has 1 saturated heterocycles. The highest BCUT2D eigenvalue weighted by Gasteiger charge is 2.53. The molecule has 2 N–H and O–H groups in total. The predicted molar refractivity (Wildman–Crippen MR) is 50.7 cm³/mol. The molecule has 2 fully saturated rings. The van der Waals surface area contributed by atoms with Crippen LogP contribution in [0.3, 0.4) is 0 Å². The van der Waals surface area contributed by atoms with Gasteiger partial charge >= 0.3 is 0 Å². The standard InChI is InChI=1S/C8H16N2O2S/c1-8(3-4-8)13(11,12)10-5-2-7(9)6-10/h7H,2-6,9H2,1H3. The van der Waals surface area contributed by atoms with Crippen molar-refractivity contribution in [1.82, 2.24) is 4.31 Å². The van der Waals surface area contributed by atoms with E-state index in [1.54, 1.807) is 4.31 Å². The molecule has 0 amide bonds. The van der Waals surface area contributed by atoms with Gasteiger partial charge in [-0.3, -0.25) is 0 Å². The summed E-state index contributed by atoms with van der Waals surface area (Å²) in [6.07, 6.45) is 2.41. The summed E-state index contributed by atoms with van der Waals surface area (Å²) in [5.41, 5.74) is 5.68. The lowest BCUT2D eigenvalue weighted by Crippen LogP contribution is -2.38. The summed E-state index contributed by atoms with van der Waals surface area (Å²) in [4.78, 5) is 0. The molecular formula is C8H16N2O2S. The lowest BCUT2D eigenvalue weighted by Gasteiger charge is -2.20. The zero-order chi connectivity index (χ0) is 9.69. The molecule has 1 aliphatic carbocycles. The normalized spacial score (nSPS) is 33.5. The first-order valence-electron chi connectivity index (χ1n) is 4.71. The number of nitrogens with two attached hydrogens (primary N) is 1. The molecule has 1 saturated carbocycles. The van der Waals surface area contributed by atoms with Crippen LogP contribution in [0.5, 0.6) is 0 Å². The highest BCUT2D eigenvalue weighted by atomic mass is 32.2. The van der Waals surface area contributed by atoms with Gasteiger partial charge in [-0.1, -0.05) is 0 Å². The van der Waals surface area contributed by atoms with Gasteiger partial charge in [0.15, 0.2) is 0 Å². The molecule has 5 heteroatoms. The van der Waals surface area contributed by atoms with Crippen molar-refractivity contribution >= 4 is 10.0 Å². The van der Waals surface area contributed by atoms with Crippen molar-refractivity contribution in [1.29, 1.82) is 0 Å². The summed E-state index contributed by atoms with van der Waals surface area (Å²) < 4.78 is 25.0. The molecule has 1 unspecified atom stereocenters. The number of sulfonamides is 1. The highest BCUT2D eigenvalue weighted by Crippen LogP contribution is 2.45. The van der Waals surface area contributed by atoms with E-state index in [2.05, 4.69) is 0 Å². The number of nitrogens with zero attached hydrogens (tertiary/aromatic N) is 1. The lowest BCUT2D eigenvalue weighted by atomic mass is 10.3. The van der Waals surface area contributed by atoms with Crippen molar-refractivity contribution < 1.29 is 8.42 Å². The monoisotopic (exact) mass is 204 g/mol. The molecule has 0 spiro atoms. The van der Waals surface area contributed by atoms with Crippen LogP contribution in [0.1, 0.15) is 26.2 Å². The van der Waals surface area contributed by atoms with Crippen LogP contribution in [0.2, 0.25) is 0 Å². The second-order valence-corrected chi connectivity index (χ2v) is 6.81. The topological polar surface area (TPSA) is 63.4 Å². The van der Waals surface area contributed by atoms with Gasteiger partial charge in [-0.25, -0.2) is 8.42 Å². The molecule has 76 valence electrons. The van der Waals surface area contributed by atoms with Crippen molar-refractivity contribution in [3.8, 4) is 0 Å². The first-order chi connectivity index (χ1) is 5.96. The molecule has 0 aromatic heterocycles. The van der Waals surface area contributed by atoms with Gasteiger partial charge in [-0.05, 0) is 26.2 Å². The minimum absolute atomic E-state index is 0.0390. The molecule has 1 aliphatic heterocycles. The van der Waals surface area contributed by atoms with Crippen molar-refractivity contribution in [2.24, 2.45) is 5.73 Å². The Balaban J connectivity index is 2.16. The molecule has 0 radical (unpaired) electrons. The van der Waals surface area contributed by atoms with E-state index in [9.17, 15) is 8.42 Å². The molecule has 0 aromatic carbocycles. The molecule has 2 aliphatic rings. The molecule has 0 aromatic rings. The highest BCUT2D eigenvalue weighted by molar-refractivity contribution is 7.90. The van der Waals surface area contributed by atoms with Crippen LogP contribution >= 0.6 is 0 Å². The van der Waals surface area contributed by atoms with Gasteiger partial charge in [-0.15, -0.1) is 0 Å². The third kappa shape index (κ3) is 1.39. The van der Waals surface area contributed by atoms with E-state index in [0.29, 0.717) is 13.1 Å². The molecule has 4 nitrogen and oxygen atoms in total. The van der Waals surface area contributed by atoms with E-state index in [0.717, 1.165) is 19.3 Å². The fraction of sp³-hybridized carbons (Fsp3) is 1.00. The van der Waals surface area contributed by atoms with Crippen molar-refractivity contribution in [2.75, 3.05) is 13.1 Å². The third-order valence-electron chi connectivity index (χ3n) is 3.10. The zero-order valence-corrected chi connectivity index (χ0v) is 8.68. The minimum Gasteiger partial charge on any atom is -0.326 e. The van der Waals surface area contributed by atoms with Gasteiger partial charge in [0.25, 0.3) is 0 Å². The van der Waals surface area contributed by atoms with Gasteiger partial charge in [-0.2, -0.15) is 4.31 Å². The van der Waals surface area contributed by atoms with Crippen LogP contribution in [0.25, 0.3) is 0 Å².